The Morgan fingerprint density at radius 1 is 1.50 bits per heavy atom. The molecule has 6 nitrogen and oxygen atoms in total. The summed E-state index contributed by atoms with van der Waals surface area (Å²) in [5.41, 5.74) is 1.79. The molecule has 0 aliphatic carbocycles. The molecule has 0 aliphatic rings. The number of hydrogen-bond donors (Lipinski definition) is 1. The molecule has 0 aromatic carbocycles. The van der Waals surface area contributed by atoms with E-state index in [1.54, 1.807) is 26.2 Å². The van der Waals surface area contributed by atoms with Gasteiger partial charge in [0, 0.05) is 25.4 Å². The number of nitrogens with one attached hydrogen (secondary N) is 1. The number of rotatable bonds is 5. The molecule has 1 amide bonds. The zero-order valence-corrected chi connectivity index (χ0v) is 13.8. The maximum atomic E-state index is 12.3. The third-order valence-corrected chi connectivity index (χ3v) is 3.45. The van der Waals surface area contributed by atoms with Crippen LogP contribution in [-0.4, -0.2) is 26.8 Å². The van der Waals surface area contributed by atoms with Crippen molar-refractivity contribution in [1.29, 1.82) is 0 Å². The van der Waals surface area contributed by atoms with Crippen LogP contribution in [0.5, 0.6) is 5.88 Å². The average Bonchev–Trinajstić information content (AvgIpc) is 2.70. The fourth-order valence-corrected chi connectivity index (χ4v) is 2.30. The molecule has 7 heteroatoms. The van der Waals surface area contributed by atoms with Crippen molar-refractivity contribution < 1.29 is 9.53 Å². The summed E-state index contributed by atoms with van der Waals surface area (Å²) in [5.74, 6) is 0.252. The molecule has 2 aromatic rings. The molecule has 118 valence electrons. The van der Waals surface area contributed by atoms with Gasteiger partial charge in [-0.2, -0.15) is 5.10 Å². The van der Waals surface area contributed by atoms with Crippen molar-refractivity contribution in [2.24, 2.45) is 7.05 Å². The predicted molar refractivity (Wildman–Crippen MR) is 84.1 cm³/mol. The van der Waals surface area contributed by atoms with Gasteiger partial charge in [-0.05, 0) is 26.8 Å². The van der Waals surface area contributed by atoms with Crippen molar-refractivity contribution in [2.75, 3.05) is 0 Å². The average molecular weight is 323 g/mol. The number of nitrogens with zero attached hydrogens (tertiary/aromatic N) is 3. The number of halogens is 1. The fraction of sp³-hybridized carbons (Fsp3) is 0.400. The van der Waals surface area contributed by atoms with Crippen molar-refractivity contribution in [3.05, 3.63) is 40.3 Å². The van der Waals surface area contributed by atoms with E-state index in [1.165, 1.54) is 4.68 Å². The van der Waals surface area contributed by atoms with Gasteiger partial charge in [0.15, 0.2) is 0 Å². The monoisotopic (exact) mass is 322 g/mol. The molecular weight excluding hydrogens is 304 g/mol. The third-order valence-electron chi connectivity index (χ3n) is 3.02. The number of amides is 1. The van der Waals surface area contributed by atoms with E-state index >= 15 is 0 Å². The van der Waals surface area contributed by atoms with Crippen LogP contribution in [0.15, 0.2) is 18.3 Å². The number of carbonyl (C=O) groups excluding carboxylic acids is 1. The maximum absolute atomic E-state index is 12.3. The summed E-state index contributed by atoms with van der Waals surface area (Å²) < 4.78 is 7.11. The first kappa shape index (κ1) is 16.3. The smallest absolute Gasteiger partial charge is 0.256 e. The Balaban J connectivity index is 2.12. The largest absolute Gasteiger partial charge is 0.475 e. The van der Waals surface area contributed by atoms with Gasteiger partial charge < -0.3 is 10.1 Å². The van der Waals surface area contributed by atoms with E-state index in [2.05, 4.69) is 15.4 Å². The van der Waals surface area contributed by atoms with E-state index in [1.807, 2.05) is 19.9 Å². The number of aromatic nitrogens is 3. The van der Waals surface area contributed by atoms with Crippen molar-refractivity contribution in [1.82, 2.24) is 20.1 Å². The molecule has 2 aromatic heterocycles. The Labute approximate surface area is 134 Å². The van der Waals surface area contributed by atoms with Crippen molar-refractivity contribution >= 4 is 17.5 Å². The lowest BCUT2D eigenvalue weighted by Crippen LogP contribution is -2.24. The van der Waals surface area contributed by atoms with Gasteiger partial charge in [0.1, 0.15) is 5.15 Å². The summed E-state index contributed by atoms with van der Waals surface area (Å²) in [6, 6.07) is 3.67. The molecule has 0 saturated heterocycles. The molecule has 1 N–H and O–H groups in total. The molecule has 2 heterocycles. The Bertz CT molecular complexity index is 682. The molecule has 0 saturated carbocycles. The lowest BCUT2D eigenvalue weighted by Gasteiger charge is -2.13. The van der Waals surface area contributed by atoms with E-state index in [0.29, 0.717) is 28.8 Å². The summed E-state index contributed by atoms with van der Waals surface area (Å²) in [5, 5.41) is 7.28. The molecule has 0 bridgehead atoms. The Kier molecular flexibility index (Phi) is 5.03. The van der Waals surface area contributed by atoms with E-state index < -0.39 is 0 Å². The summed E-state index contributed by atoms with van der Waals surface area (Å²) >= 11 is 6.09. The van der Waals surface area contributed by atoms with E-state index in [9.17, 15) is 4.79 Å². The quantitative estimate of drug-likeness (QED) is 0.918. The zero-order chi connectivity index (χ0) is 16.3. The first-order chi connectivity index (χ1) is 10.4. The van der Waals surface area contributed by atoms with Crippen LogP contribution in [0, 0.1) is 6.92 Å². The Morgan fingerprint density at radius 3 is 2.82 bits per heavy atom. The first-order valence-corrected chi connectivity index (χ1v) is 7.35. The van der Waals surface area contributed by atoms with Crippen LogP contribution in [0.3, 0.4) is 0 Å². The second kappa shape index (κ2) is 6.79. The minimum Gasteiger partial charge on any atom is -0.475 e. The van der Waals surface area contributed by atoms with Gasteiger partial charge in [0.2, 0.25) is 5.88 Å². The summed E-state index contributed by atoms with van der Waals surface area (Å²) in [4.78, 5) is 16.5. The van der Waals surface area contributed by atoms with Gasteiger partial charge >= 0.3 is 0 Å². The zero-order valence-electron chi connectivity index (χ0n) is 13.1. The highest BCUT2D eigenvalue weighted by Crippen LogP contribution is 2.19. The number of hydrogen-bond acceptors (Lipinski definition) is 4. The van der Waals surface area contributed by atoms with Crippen molar-refractivity contribution in [3.63, 3.8) is 0 Å². The highest BCUT2D eigenvalue weighted by molar-refractivity contribution is 6.33. The predicted octanol–water partition coefficient (Wildman–Crippen LogP) is 2.49. The lowest BCUT2D eigenvalue weighted by atomic mass is 10.2. The highest BCUT2D eigenvalue weighted by atomic mass is 35.5. The van der Waals surface area contributed by atoms with Crippen molar-refractivity contribution in [3.8, 4) is 5.88 Å². The molecule has 0 aliphatic heterocycles. The van der Waals surface area contributed by atoms with Crippen LogP contribution < -0.4 is 10.1 Å². The molecule has 0 radical (unpaired) electrons. The second-order valence-electron chi connectivity index (χ2n) is 5.19. The first-order valence-electron chi connectivity index (χ1n) is 6.98. The van der Waals surface area contributed by atoms with Gasteiger partial charge in [-0.25, -0.2) is 4.98 Å². The lowest BCUT2D eigenvalue weighted by molar-refractivity contribution is 0.0950. The van der Waals surface area contributed by atoms with Gasteiger partial charge in [0.05, 0.1) is 17.4 Å². The second-order valence-corrected chi connectivity index (χ2v) is 5.55. The van der Waals surface area contributed by atoms with Crippen LogP contribution >= 0.6 is 11.6 Å². The van der Waals surface area contributed by atoms with Crippen LogP contribution in [0.4, 0.5) is 0 Å². The van der Waals surface area contributed by atoms with Gasteiger partial charge in [-0.3, -0.25) is 9.48 Å². The van der Waals surface area contributed by atoms with Gasteiger partial charge in [0.25, 0.3) is 5.91 Å². The Hall–Kier alpha value is -2.08. The molecular formula is C15H19ClN4O2. The fourth-order valence-electron chi connectivity index (χ4n) is 2.04. The number of carbonyl (C=O) groups is 1. The van der Waals surface area contributed by atoms with Crippen LogP contribution in [0.25, 0.3) is 0 Å². The molecule has 2 rings (SSSR count). The van der Waals surface area contributed by atoms with E-state index in [4.69, 9.17) is 16.3 Å². The Morgan fingerprint density at radius 2 is 2.23 bits per heavy atom. The number of ether oxygens (including phenoxy) is 1. The van der Waals surface area contributed by atoms with Gasteiger partial charge in [-0.15, -0.1) is 0 Å². The normalized spacial score (nSPS) is 10.8. The molecule has 0 fully saturated rings. The van der Waals surface area contributed by atoms with Crippen LogP contribution in [0.2, 0.25) is 5.15 Å². The topological polar surface area (TPSA) is 69.0 Å². The minimum atomic E-state index is -0.269. The van der Waals surface area contributed by atoms with Crippen LogP contribution in [-0.2, 0) is 13.6 Å². The molecule has 22 heavy (non-hydrogen) atoms. The van der Waals surface area contributed by atoms with E-state index in [-0.39, 0.29) is 12.0 Å². The summed E-state index contributed by atoms with van der Waals surface area (Å²) in [6.45, 7) is 5.91. The van der Waals surface area contributed by atoms with Crippen LogP contribution in [0.1, 0.15) is 35.5 Å². The third kappa shape index (κ3) is 3.57. The van der Waals surface area contributed by atoms with E-state index in [0.717, 1.165) is 5.56 Å². The standard InChI is InChI=1S/C15H19ClN4O2/c1-9(2)22-15-11(6-5-7-17-15)8-18-14(21)12-10(3)19-20(4)13(12)16/h5-7,9H,8H2,1-4H3,(H,18,21). The number of pyridine rings is 1. The molecule has 0 spiro atoms. The maximum Gasteiger partial charge on any atom is 0.256 e. The molecule has 0 atom stereocenters. The summed E-state index contributed by atoms with van der Waals surface area (Å²) in [7, 11) is 1.70. The minimum absolute atomic E-state index is 0.0133. The summed E-state index contributed by atoms with van der Waals surface area (Å²) in [6.07, 6.45) is 1.67. The SMILES string of the molecule is Cc1nn(C)c(Cl)c1C(=O)NCc1cccnc1OC(C)C. The van der Waals surface area contributed by atoms with Gasteiger partial charge in [-0.1, -0.05) is 17.7 Å². The molecule has 0 unspecified atom stereocenters. The van der Waals surface area contributed by atoms with Crippen molar-refractivity contribution in [2.45, 2.75) is 33.4 Å². The highest BCUT2D eigenvalue weighted by Gasteiger charge is 2.19. The number of aryl methyl sites for hydroxylation is 2.